The van der Waals surface area contributed by atoms with Gasteiger partial charge in [0.2, 0.25) is 0 Å². The third-order valence-corrected chi connectivity index (χ3v) is 7.36. The first-order chi connectivity index (χ1) is 16.6. The summed E-state index contributed by atoms with van der Waals surface area (Å²) in [5, 5.41) is 6.34. The summed E-state index contributed by atoms with van der Waals surface area (Å²) in [6.07, 6.45) is 0.383. The molecule has 3 rings (SSSR count). The molecular weight excluding hydrogens is 529 g/mol. The van der Waals surface area contributed by atoms with Crippen molar-refractivity contribution < 1.29 is 17.9 Å². The molecule has 184 valence electrons. The van der Waals surface area contributed by atoms with E-state index >= 15 is 0 Å². The number of sulfonamides is 1. The summed E-state index contributed by atoms with van der Waals surface area (Å²) in [6.45, 7) is 0.261. The molecule has 0 heterocycles. The van der Waals surface area contributed by atoms with E-state index in [0.717, 1.165) is 0 Å². The Bertz CT molecular complexity index is 1350. The van der Waals surface area contributed by atoms with E-state index in [0.29, 0.717) is 44.5 Å². The van der Waals surface area contributed by atoms with Crippen LogP contribution in [-0.4, -0.2) is 40.1 Å². The molecule has 0 unspecified atom stereocenters. The molecule has 0 aliphatic heterocycles. The number of hydrogen-bond acceptors (Lipinski definition) is 5. The van der Waals surface area contributed by atoms with E-state index in [9.17, 15) is 13.2 Å². The van der Waals surface area contributed by atoms with E-state index in [1.54, 1.807) is 48.5 Å². The number of benzene rings is 3. The zero-order chi connectivity index (χ0) is 25.6. The van der Waals surface area contributed by atoms with Crippen LogP contribution in [0.15, 0.2) is 65.6 Å². The third-order valence-electron chi connectivity index (χ3n) is 5.05. The Morgan fingerprint density at radius 2 is 1.69 bits per heavy atom. The lowest BCUT2D eigenvalue weighted by Gasteiger charge is -2.15. The number of hydrogen-bond donors (Lipinski definition) is 3. The van der Waals surface area contributed by atoms with Crippen molar-refractivity contribution in [3.8, 4) is 16.9 Å². The standard InChI is InChI=1S/C24H23Cl2N3O4S2/c1-27-24(34)29-35(31,32)22-13-15(3-9-19(22)16-4-6-17(25)7-5-16)11-12-28-23(30)20-14-18(26)8-10-21(20)33-2/h3-10,13-14H,11-12H2,1-2H3,(H,28,30)(H2,27,29,34). The largest absolute Gasteiger partial charge is 0.496 e. The Hall–Kier alpha value is -2.85. The normalized spacial score (nSPS) is 11.0. The fourth-order valence-corrected chi connectivity index (χ4v) is 5.18. The van der Waals surface area contributed by atoms with Gasteiger partial charge in [-0.25, -0.2) is 8.42 Å². The van der Waals surface area contributed by atoms with E-state index in [-0.39, 0.29) is 22.5 Å². The van der Waals surface area contributed by atoms with E-state index in [1.807, 2.05) is 6.07 Å². The van der Waals surface area contributed by atoms with Gasteiger partial charge in [0, 0.05) is 29.2 Å². The van der Waals surface area contributed by atoms with Gasteiger partial charge in [-0.05, 0) is 66.2 Å². The van der Waals surface area contributed by atoms with Gasteiger partial charge >= 0.3 is 0 Å². The summed E-state index contributed by atoms with van der Waals surface area (Å²) < 4.78 is 33.8. The van der Waals surface area contributed by atoms with Crippen LogP contribution < -0.4 is 20.1 Å². The van der Waals surface area contributed by atoms with Gasteiger partial charge in [-0.15, -0.1) is 0 Å². The fraction of sp³-hybridized carbons (Fsp3) is 0.167. The first-order valence-electron chi connectivity index (χ1n) is 10.4. The van der Waals surface area contributed by atoms with Gasteiger partial charge in [0.1, 0.15) is 5.75 Å². The second kappa shape index (κ2) is 11.7. The SMILES string of the molecule is CNC(=S)NS(=O)(=O)c1cc(CCNC(=O)c2cc(Cl)ccc2OC)ccc1-c1ccc(Cl)cc1. The summed E-state index contributed by atoms with van der Waals surface area (Å²) in [6, 6.07) is 16.7. The molecule has 0 aliphatic carbocycles. The zero-order valence-electron chi connectivity index (χ0n) is 18.9. The van der Waals surface area contributed by atoms with Crippen molar-refractivity contribution in [1.82, 2.24) is 15.4 Å². The molecule has 3 aromatic rings. The van der Waals surface area contributed by atoms with Gasteiger partial charge in [-0.3, -0.25) is 9.52 Å². The number of carbonyl (C=O) groups excluding carboxylic acids is 1. The maximum atomic E-state index is 13.1. The monoisotopic (exact) mass is 551 g/mol. The third kappa shape index (κ3) is 6.85. The molecule has 3 N–H and O–H groups in total. The van der Waals surface area contributed by atoms with Gasteiger partial charge in [-0.2, -0.15) is 0 Å². The molecule has 11 heteroatoms. The minimum Gasteiger partial charge on any atom is -0.496 e. The van der Waals surface area contributed by atoms with Gasteiger partial charge in [0.05, 0.1) is 17.6 Å². The number of rotatable bonds is 8. The highest BCUT2D eigenvalue weighted by molar-refractivity contribution is 7.92. The molecule has 1 amide bonds. The number of methoxy groups -OCH3 is 1. The topological polar surface area (TPSA) is 96.5 Å². The van der Waals surface area contributed by atoms with Crippen LogP contribution in [-0.2, 0) is 16.4 Å². The summed E-state index contributed by atoms with van der Waals surface area (Å²) in [5.74, 6) is 0.0511. The quantitative estimate of drug-likeness (QED) is 0.358. The van der Waals surface area contributed by atoms with E-state index in [1.165, 1.54) is 20.2 Å². The first kappa shape index (κ1) is 26.7. The van der Waals surface area contributed by atoms with E-state index < -0.39 is 10.0 Å². The van der Waals surface area contributed by atoms with Crippen LogP contribution in [0.5, 0.6) is 5.75 Å². The zero-order valence-corrected chi connectivity index (χ0v) is 22.0. The second-order valence-electron chi connectivity index (χ2n) is 7.37. The van der Waals surface area contributed by atoms with Crippen molar-refractivity contribution in [2.45, 2.75) is 11.3 Å². The lowest BCUT2D eigenvalue weighted by atomic mass is 10.0. The minimum absolute atomic E-state index is 0.0276. The Kier molecular flexibility index (Phi) is 8.96. The Balaban J connectivity index is 1.86. The van der Waals surface area contributed by atoms with Crippen molar-refractivity contribution in [2.75, 3.05) is 20.7 Å². The van der Waals surface area contributed by atoms with E-state index in [4.69, 9.17) is 40.2 Å². The number of carbonyl (C=O) groups is 1. The lowest BCUT2D eigenvalue weighted by molar-refractivity contribution is 0.0951. The predicted molar refractivity (Wildman–Crippen MR) is 143 cm³/mol. The van der Waals surface area contributed by atoms with Crippen molar-refractivity contribution in [3.63, 3.8) is 0 Å². The van der Waals surface area contributed by atoms with Crippen molar-refractivity contribution in [3.05, 3.63) is 81.8 Å². The Morgan fingerprint density at radius 3 is 2.34 bits per heavy atom. The van der Waals surface area contributed by atoms with Crippen LogP contribution in [0, 0.1) is 0 Å². The molecule has 0 aromatic heterocycles. The molecule has 0 spiro atoms. The van der Waals surface area contributed by atoms with Gasteiger partial charge in [0.15, 0.2) is 5.11 Å². The molecule has 3 aromatic carbocycles. The summed E-state index contributed by atoms with van der Waals surface area (Å²) in [4.78, 5) is 12.7. The number of ether oxygens (including phenoxy) is 1. The summed E-state index contributed by atoms with van der Waals surface area (Å²) >= 11 is 17.0. The molecule has 35 heavy (non-hydrogen) atoms. The fourth-order valence-electron chi connectivity index (χ4n) is 3.31. The number of amides is 1. The average Bonchev–Trinajstić information content (AvgIpc) is 2.84. The van der Waals surface area contributed by atoms with Crippen LogP contribution in [0.25, 0.3) is 11.1 Å². The van der Waals surface area contributed by atoms with Crippen LogP contribution in [0.2, 0.25) is 10.0 Å². The second-order valence-corrected chi connectivity index (χ2v) is 10.3. The van der Waals surface area contributed by atoms with Crippen molar-refractivity contribution in [1.29, 1.82) is 0 Å². The van der Waals surface area contributed by atoms with Crippen LogP contribution in [0.3, 0.4) is 0 Å². The average molecular weight is 553 g/mol. The highest BCUT2D eigenvalue weighted by Gasteiger charge is 2.21. The smallest absolute Gasteiger partial charge is 0.264 e. The first-order valence-corrected chi connectivity index (χ1v) is 13.0. The van der Waals surface area contributed by atoms with Gasteiger partial charge in [-0.1, -0.05) is 47.5 Å². The lowest BCUT2D eigenvalue weighted by Crippen LogP contribution is -2.37. The molecule has 0 atom stereocenters. The molecular formula is C24H23Cl2N3O4S2. The highest BCUT2D eigenvalue weighted by atomic mass is 35.5. The minimum atomic E-state index is -3.99. The summed E-state index contributed by atoms with van der Waals surface area (Å²) in [7, 11) is -0.989. The molecule has 0 radical (unpaired) electrons. The highest BCUT2D eigenvalue weighted by Crippen LogP contribution is 2.30. The summed E-state index contributed by atoms with van der Waals surface area (Å²) in [5.41, 5.74) is 2.19. The van der Waals surface area contributed by atoms with Crippen LogP contribution in [0.4, 0.5) is 0 Å². The molecule has 7 nitrogen and oxygen atoms in total. The maximum absolute atomic E-state index is 13.1. The molecule has 0 bridgehead atoms. The number of halogens is 2. The Labute approximate surface area is 219 Å². The predicted octanol–water partition coefficient (Wildman–Crippen LogP) is 4.42. The van der Waals surface area contributed by atoms with Crippen molar-refractivity contribution in [2.24, 2.45) is 0 Å². The molecule has 0 fully saturated rings. The van der Waals surface area contributed by atoms with E-state index in [2.05, 4.69) is 15.4 Å². The maximum Gasteiger partial charge on any atom is 0.264 e. The molecule has 0 saturated heterocycles. The number of thiocarbonyl (C=S) groups is 1. The van der Waals surface area contributed by atoms with Gasteiger partial charge < -0.3 is 15.4 Å². The Morgan fingerprint density at radius 1 is 1.00 bits per heavy atom. The van der Waals surface area contributed by atoms with Crippen molar-refractivity contribution >= 4 is 56.5 Å². The molecule has 0 aliphatic rings. The van der Waals surface area contributed by atoms with Gasteiger partial charge in [0.25, 0.3) is 15.9 Å². The number of nitrogens with one attached hydrogen (secondary N) is 3. The van der Waals surface area contributed by atoms with Crippen LogP contribution in [0.1, 0.15) is 15.9 Å². The van der Waals surface area contributed by atoms with Crippen LogP contribution >= 0.6 is 35.4 Å². The molecule has 0 saturated carbocycles.